The van der Waals surface area contributed by atoms with Gasteiger partial charge in [0.1, 0.15) is 6.54 Å². The Kier molecular flexibility index (Phi) is 4.73. The van der Waals surface area contributed by atoms with Crippen molar-refractivity contribution in [3.63, 3.8) is 0 Å². The Morgan fingerprint density at radius 3 is 2.90 bits per heavy atom. The highest BCUT2D eigenvalue weighted by atomic mass is 16.4. The van der Waals surface area contributed by atoms with E-state index in [1.54, 1.807) is 0 Å². The molecule has 110 valence electrons. The predicted molar refractivity (Wildman–Crippen MR) is 73.0 cm³/mol. The fourth-order valence-electron chi connectivity index (χ4n) is 2.72. The quantitative estimate of drug-likeness (QED) is 0.734. The predicted octanol–water partition coefficient (Wildman–Crippen LogP) is 0.671. The van der Waals surface area contributed by atoms with Crippen LogP contribution in [0.5, 0.6) is 0 Å². The van der Waals surface area contributed by atoms with Crippen molar-refractivity contribution in [2.24, 2.45) is 17.6 Å². The molecule has 1 aliphatic rings. The summed E-state index contributed by atoms with van der Waals surface area (Å²) in [4.78, 5) is 22.8. The maximum Gasteiger partial charge on any atom is 0.325 e. The Balaban J connectivity index is 1.96. The van der Waals surface area contributed by atoms with Crippen molar-refractivity contribution in [1.82, 2.24) is 9.78 Å². The minimum atomic E-state index is -0.971. The molecule has 1 heterocycles. The average molecular weight is 280 g/mol. The maximum atomic E-state index is 12.2. The molecular weight excluding hydrogens is 260 g/mol. The second-order valence-electron chi connectivity index (χ2n) is 5.20. The molecule has 0 aromatic carbocycles. The number of hydrogen-bond acceptors (Lipinski definition) is 4. The van der Waals surface area contributed by atoms with E-state index in [0.717, 1.165) is 25.7 Å². The molecule has 2 rings (SSSR count). The number of nitrogens with one attached hydrogen (secondary N) is 1. The molecule has 1 aromatic heterocycles. The third-order valence-electron chi connectivity index (χ3n) is 3.75. The molecular formula is C13H20N4O3. The molecule has 1 fully saturated rings. The van der Waals surface area contributed by atoms with Crippen LogP contribution in [0.1, 0.15) is 25.7 Å². The van der Waals surface area contributed by atoms with Crippen LogP contribution >= 0.6 is 0 Å². The molecule has 4 N–H and O–H groups in total. The number of amides is 1. The van der Waals surface area contributed by atoms with E-state index < -0.39 is 5.97 Å². The van der Waals surface area contributed by atoms with E-state index in [4.69, 9.17) is 10.8 Å². The van der Waals surface area contributed by atoms with Crippen LogP contribution in [0, 0.1) is 11.8 Å². The first-order valence-electron chi connectivity index (χ1n) is 6.85. The molecule has 1 aromatic rings. The van der Waals surface area contributed by atoms with Gasteiger partial charge in [-0.05, 0) is 25.3 Å². The summed E-state index contributed by atoms with van der Waals surface area (Å²) in [6.45, 7) is 0.307. The summed E-state index contributed by atoms with van der Waals surface area (Å²) in [5.74, 6) is -0.842. The van der Waals surface area contributed by atoms with E-state index in [-0.39, 0.29) is 24.3 Å². The number of hydrogen-bond donors (Lipinski definition) is 3. The van der Waals surface area contributed by atoms with Crippen molar-refractivity contribution >= 4 is 17.6 Å². The summed E-state index contributed by atoms with van der Waals surface area (Å²) in [5, 5.41) is 15.4. The van der Waals surface area contributed by atoms with Gasteiger partial charge in [0.05, 0.1) is 11.9 Å². The minimum absolute atomic E-state index is 0.0463. The van der Waals surface area contributed by atoms with Crippen molar-refractivity contribution in [3.05, 3.63) is 12.4 Å². The zero-order valence-corrected chi connectivity index (χ0v) is 11.3. The number of aliphatic carboxylic acids is 1. The van der Waals surface area contributed by atoms with Crippen LogP contribution in [-0.2, 0) is 16.1 Å². The van der Waals surface area contributed by atoms with Gasteiger partial charge < -0.3 is 16.2 Å². The Morgan fingerprint density at radius 2 is 2.20 bits per heavy atom. The van der Waals surface area contributed by atoms with Gasteiger partial charge in [0, 0.05) is 12.1 Å². The largest absolute Gasteiger partial charge is 0.480 e. The first-order chi connectivity index (χ1) is 9.60. The summed E-state index contributed by atoms with van der Waals surface area (Å²) < 4.78 is 1.28. The van der Waals surface area contributed by atoms with Crippen molar-refractivity contribution in [2.45, 2.75) is 32.2 Å². The lowest BCUT2D eigenvalue weighted by atomic mass is 9.79. The molecule has 20 heavy (non-hydrogen) atoms. The molecule has 2 atom stereocenters. The summed E-state index contributed by atoms with van der Waals surface area (Å²) in [5.41, 5.74) is 6.25. The van der Waals surface area contributed by atoms with Crippen LogP contribution in [-0.4, -0.2) is 33.3 Å². The summed E-state index contributed by atoms with van der Waals surface area (Å²) >= 11 is 0. The van der Waals surface area contributed by atoms with Gasteiger partial charge >= 0.3 is 5.97 Å². The molecule has 1 saturated carbocycles. The van der Waals surface area contributed by atoms with Crippen molar-refractivity contribution < 1.29 is 14.7 Å². The minimum Gasteiger partial charge on any atom is -0.480 e. The van der Waals surface area contributed by atoms with Gasteiger partial charge in [-0.3, -0.25) is 14.3 Å². The highest BCUT2D eigenvalue weighted by molar-refractivity contribution is 5.92. The molecule has 7 heteroatoms. The molecule has 1 aliphatic carbocycles. The number of carbonyl (C=O) groups is 2. The molecule has 0 spiro atoms. The zero-order chi connectivity index (χ0) is 14.5. The van der Waals surface area contributed by atoms with Gasteiger partial charge in [0.15, 0.2) is 0 Å². The molecule has 2 unspecified atom stereocenters. The van der Waals surface area contributed by atoms with Crippen LogP contribution in [0.15, 0.2) is 12.4 Å². The molecule has 0 saturated heterocycles. The molecule has 0 aliphatic heterocycles. The van der Waals surface area contributed by atoms with E-state index >= 15 is 0 Å². The number of aromatic nitrogens is 2. The Morgan fingerprint density at radius 1 is 1.45 bits per heavy atom. The number of carboxylic acids is 1. The SMILES string of the molecule is NCC1CCCCC1C(=O)Nc1cnn(CC(=O)O)c1. The van der Waals surface area contributed by atoms with E-state index in [1.807, 2.05) is 0 Å². The van der Waals surface area contributed by atoms with Gasteiger partial charge in [-0.25, -0.2) is 0 Å². The third-order valence-corrected chi connectivity index (χ3v) is 3.75. The third kappa shape index (κ3) is 3.57. The number of anilines is 1. The van der Waals surface area contributed by atoms with E-state index in [2.05, 4.69) is 10.4 Å². The van der Waals surface area contributed by atoms with Gasteiger partial charge in [-0.1, -0.05) is 12.8 Å². The number of nitrogens with two attached hydrogens (primary N) is 1. The number of carbonyl (C=O) groups excluding carboxylic acids is 1. The van der Waals surface area contributed by atoms with E-state index in [0.29, 0.717) is 12.2 Å². The van der Waals surface area contributed by atoms with Crippen LogP contribution in [0.4, 0.5) is 5.69 Å². The first kappa shape index (κ1) is 14.5. The summed E-state index contributed by atoms with van der Waals surface area (Å²) in [6.07, 6.45) is 7.01. The molecule has 0 bridgehead atoms. The Labute approximate surface area is 117 Å². The molecule has 7 nitrogen and oxygen atoms in total. The Hall–Kier alpha value is -1.89. The lowest BCUT2D eigenvalue weighted by Crippen LogP contribution is -2.35. The second kappa shape index (κ2) is 6.51. The van der Waals surface area contributed by atoms with E-state index in [9.17, 15) is 9.59 Å². The smallest absolute Gasteiger partial charge is 0.325 e. The zero-order valence-electron chi connectivity index (χ0n) is 11.3. The number of rotatable bonds is 5. The standard InChI is InChI=1S/C13H20N4O3/c14-5-9-3-1-2-4-11(9)13(20)16-10-6-15-17(7-10)8-12(18)19/h6-7,9,11H,1-5,8,14H2,(H,16,20)(H,18,19). The van der Waals surface area contributed by atoms with Crippen LogP contribution in [0.3, 0.4) is 0 Å². The highest BCUT2D eigenvalue weighted by Crippen LogP contribution is 2.30. The topological polar surface area (TPSA) is 110 Å². The van der Waals surface area contributed by atoms with Crippen molar-refractivity contribution in [2.75, 3.05) is 11.9 Å². The second-order valence-corrected chi connectivity index (χ2v) is 5.20. The van der Waals surface area contributed by atoms with Crippen LogP contribution in [0.25, 0.3) is 0 Å². The van der Waals surface area contributed by atoms with Gasteiger partial charge in [0.25, 0.3) is 0 Å². The monoisotopic (exact) mass is 280 g/mol. The first-order valence-corrected chi connectivity index (χ1v) is 6.85. The van der Waals surface area contributed by atoms with Crippen LogP contribution in [0.2, 0.25) is 0 Å². The molecule has 1 amide bonds. The lowest BCUT2D eigenvalue weighted by molar-refractivity contribution is -0.137. The van der Waals surface area contributed by atoms with Gasteiger partial charge in [-0.2, -0.15) is 5.10 Å². The van der Waals surface area contributed by atoms with Gasteiger partial charge in [0.2, 0.25) is 5.91 Å². The number of nitrogens with zero attached hydrogens (tertiary/aromatic N) is 2. The van der Waals surface area contributed by atoms with Crippen LogP contribution < -0.4 is 11.1 Å². The van der Waals surface area contributed by atoms with E-state index in [1.165, 1.54) is 17.1 Å². The fourth-order valence-corrected chi connectivity index (χ4v) is 2.72. The fraction of sp³-hybridized carbons (Fsp3) is 0.615. The van der Waals surface area contributed by atoms with Gasteiger partial charge in [-0.15, -0.1) is 0 Å². The normalized spacial score (nSPS) is 22.4. The number of carboxylic acid groups (broad SMARTS) is 1. The van der Waals surface area contributed by atoms with Crippen molar-refractivity contribution in [3.8, 4) is 0 Å². The Bertz CT molecular complexity index is 486. The van der Waals surface area contributed by atoms with Crippen molar-refractivity contribution in [1.29, 1.82) is 0 Å². The molecule has 0 radical (unpaired) electrons. The summed E-state index contributed by atoms with van der Waals surface area (Å²) in [7, 11) is 0. The lowest BCUT2D eigenvalue weighted by Gasteiger charge is -2.29. The highest BCUT2D eigenvalue weighted by Gasteiger charge is 2.30. The maximum absolute atomic E-state index is 12.2. The average Bonchev–Trinajstić information content (AvgIpc) is 2.85. The summed E-state index contributed by atoms with van der Waals surface area (Å²) in [6, 6.07) is 0.